The molecule has 3 N–H and O–H groups in total. The van der Waals surface area contributed by atoms with Crippen molar-refractivity contribution >= 4 is 28.7 Å². The Morgan fingerprint density at radius 3 is 2.75 bits per heavy atom. The predicted molar refractivity (Wildman–Crippen MR) is 63.5 cm³/mol. The maximum absolute atomic E-state index is 11.7. The monoisotopic (exact) mass is 234 g/mol. The molecule has 5 nitrogen and oxygen atoms in total. The average Bonchev–Trinajstić information content (AvgIpc) is 2.68. The van der Waals surface area contributed by atoms with Gasteiger partial charge < -0.3 is 11.1 Å². The highest BCUT2D eigenvalue weighted by atomic mass is 32.1. The van der Waals surface area contributed by atoms with Gasteiger partial charge in [0.25, 0.3) is 5.91 Å². The lowest BCUT2D eigenvalue weighted by Crippen LogP contribution is -2.11. The van der Waals surface area contributed by atoms with Crippen LogP contribution in [0.5, 0.6) is 0 Å². The molecule has 0 spiro atoms. The van der Waals surface area contributed by atoms with E-state index in [0.717, 1.165) is 5.01 Å². The summed E-state index contributed by atoms with van der Waals surface area (Å²) in [6.45, 7) is 1.85. The summed E-state index contributed by atoms with van der Waals surface area (Å²) in [5.41, 5.74) is 6.05. The number of nitrogens with one attached hydrogen (secondary N) is 1. The summed E-state index contributed by atoms with van der Waals surface area (Å²) in [7, 11) is 0. The molecule has 0 unspecified atom stereocenters. The molecule has 0 aliphatic carbocycles. The summed E-state index contributed by atoms with van der Waals surface area (Å²) in [6, 6.07) is 3.33. The first-order valence-corrected chi connectivity index (χ1v) is 5.42. The Bertz CT molecular complexity index is 506. The molecule has 0 radical (unpaired) electrons. The molecule has 0 bridgehead atoms. The van der Waals surface area contributed by atoms with Crippen LogP contribution in [0.15, 0.2) is 24.5 Å². The number of carbonyl (C=O) groups excluding carboxylic acids is 1. The number of nitrogens with zero attached hydrogens (tertiary/aromatic N) is 2. The van der Waals surface area contributed by atoms with Crippen LogP contribution in [0.25, 0.3) is 0 Å². The number of nitrogens with two attached hydrogens (primary N) is 1. The molecule has 2 rings (SSSR count). The number of amides is 1. The molecule has 6 heteroatoms. The number of hydrogen-bond acceptors (Lipinski definition) is 5. The highest BCUT2D eigenvalue weighted by Gasteiger charge is 2.09. The minimum Gasteiger partial charge on any atom is -0.397 e. The van der Waals surface area contributed by atoms with Crippen molar-refractivity contribution in [3.63, 3.8) is 0 Å². The standard InChI is InChI=1S/C10H10N4OS/c1-6-12-5-8(16-6)10(15)14-9-3-2-7(11)4-13-9/h2-5H,11H2,1H3,(H,13,14,15). The highest BCUT2D eigenvalue weighted by molar-refractivity contribution is 7.13. The Morgan fingerprint density at radius 2 is 2.19 bits per heavy atom. The molecule has 2 heterocycles. The molecular formula is C10H10N4OS. The van der Waals surface area contributed by atoms with Crippen LogP contribution in [-0.2, 0) is 0 Å². The minimum absolute atomic E-state index is 0.206. The molecule has 1 amide bonds. The van der Waals surface area contributed by atoms with Crippen molar-refractivity contribution in [1.82, 2.24) is 9.97 Å². The lowest BCUT2D eigenvalue weighted by Gasteiger charge is -2.01. The third-order valence-electron chi connectivity index (χ3n) is 1.87. The first kappa shape index (κ1) is 10.6. The maximum atomic E-state index is 11.7. The predicted octanol–water partition coefficient (Wildman–Crippen LogP) is 1.68. The fourth-order valence-corrected chi connectivity index (χ4v) is 1.80. The summed E-state index contributed by atoms with van der Waals surface area (Å²) in [4.78, 5) is 20.3. The molecule has 0 saturated carbocycles. The second kappa shape index (κ2) is 4.28. The zero-order valence-electron chi connectivity index (χ0n) is 8.60. The molecular weight excluding hydrogens is 224 g/mol. The van der Waals surface area contributed by atoms with Crippen molar-refractivity contribution in [3.05, 3.63) is 34.4 Å². The van der Waals surface area contributed by atoms with Crippen molar-refractivity contribution in [2.24, 2.45) is 0 Å². The van der Waals surface area contributed by atoms with E-state index in [9.17, 15) is 4.79 Å². The van der Waals surface area contributed by atoms with Gasteiger partial charge in [-0.25, -0.2) is 9.97 Å². The zero-order valence-corrected chi connectivity index (χ0v) is 9.41. The first-order valence-electron chi connectivity index (χ1n) is 4.60. The van der Waals surface area contributed by atoms with Gasteiger partial charge in [0.1, 0.15) is 10.7 Å². The third kappa shape index (κ3) is 2.34. The van der Waals surface area contributed by atoms with Crippen LogP contribution < -0.4 is 11.1 Å². The number of carbonyl (C=O) groups is 1. The van der Waals surface area contributed by atoms with E-state index in [-0.39, 0.29) is 5.91 Å². The van der Waals surface area contributed by atoms with Crippen molar-refractivity contribution in [1.29, 1.82) is 0 Å². The molecule has 16 heavy (non-hydrogen) atoms. The van der Waals surface area contributed by atoms with Gasteiger partial charge in [-0.15, -0.1) is 11.3 Å². The van der Waals surface area contributed by atoms with Crippen LogP contribution in [0.4, 0.5) is 11.5 Å². The summed E-state index contributed by atoms with van der Waals surface area (Å²) in [5, 5.41) is 3.52. The Kier molecular flexibility index (Phi) is 2.82. The van der Waals surface area contributed by atoms with Crippen LogP contribution in [0.2, 0.25) is 0 Å². The highest BCUT2D eigenvalue weighted by Crippen LogP contribution is 2.14. The van der Waals surface area contributed by atoms with E-state index in [4.69, 9.17) is 5.73 Å². The fraction of sp³-hybridized carbons (Fsp3) is 0.100. The summed E-state index contributed by atoms with van der Waals surface area (Å²) < 4.78 is 0. The number of aryl methyl sites for hydroxylation is 1. The SMILES string of the molecule is Cc1ncc(C(=O)Nc2ccc(N)cn2)s1. The molecule has 0 fully saturated rings. The van der Waals surface area contributed by atoms with Crippen molar-refractivity contribution in [2.75, 3.05) is 11.1 Å². The van der Waals surface area contributed by atoms with E-state index < -0.39 is 0 Å². The fourth-order valence-electron chi connectivity index (χ4n) is 1.12. The number of hydrogen-bond donors (Lipinski definition) is 2. The largest absolute Gasteiger partial charge is 0.397 e. The van der Waals surface area contributed by atoms with Gasteiger partial charge >= 0.3 is 0 Å². The number of thiazole rings is 1. The van der Waals surface area contributed by atoms with Crippen LogP contribution in [-0.4, -0.2) is 15.9 Å². The van der Waals surface area contributed by atoms with Gasteiger partial charge in [0.05, 0.1) is 23.1 Å². The molecule has 0 aliphatic rings. The van der Waals surface area contributed by atoms with E-state index in [1.165, 1.54) is 17.5 Å². The Morgan fingerprint density at radius 1 is 1.38 bits per heavy atom. The van der Waals surface area contributed by atoms with Gasteiger partial charge in [0.15, 0.2) is 0 Å². The van der Waals surface area contributed by atoms with E-state index in [2.05, 4.69) is 15.3 Å². The maximum Gasteiger partial charge on any atom is 0.268 e. The van der Waals surface area contributed by atoms with E-state index >= 15 is 0 Å². The van der Waals surface area contributed by atoms with Crippen LogP contribution in [0.1, 0.15) is 14.7 Å². The van der Waals surface area contributed by atoms with Crippen LogP contribution in [0, 0.1) is 6.92 Å². The zero-order chi connectivity index (χ0) is 11.5. The number of rotatable bonds is 2. The van der Waals surface area contributed by atoms with Gasteiger partial charge in [-0.3, -0.25) is 4.79 Å². The van der Waals surface area contributed by atoms with Crippen molar-refractivity contribution in [3.8, 4) is 0 Å². The Hall–Kier alpha value is -1.95. The molecule has 82 valence electrons. The molecule has 2 aromatic heterocycles. The number of aromatic nitrogens is 2. The average molecular weight is 234 g/mol. The molecule has 0 aliphatic heterocycles. The lowest BCUT2D eigenvalue weighted by atomic mass is 10.4. The smallest absolute Gasteiger partial charge is 0.268 e. The lowest BCUT2D eigenvalue weighted by molar-refractivity contribution is 0.103. The first-order chi connectivity index (χ1) is 7.65. The molecule has 0 aromatic carbocycles. The van der Waals surface area contributed by atoms with E-state index in [0.29, 0.717) is 16.4 Å². The third-order valence-corrected chi connectivity index (χ3v) is 2.78. The number of nitrogen functional groups attached to an aromatic ring is 1. The second-order valence-corrected chi connectivity index (χ2v) is 4.41. The topological polar surface area (TPSA) is 80.9 Å². The van der Waals surface area contributed by atoms with Gasteiger partial charge in [-0.1, -0.05) is 0 Å². The van der Waals surface area contributed by atoms with Gasteiger partial charge in [0, 0.05) is 0 Å². The number of anilines is 2. The number of pyridine rings is 1. The molecule has 0 atom stereocenters. The van der Waals surface area contributed by atoms with Crippen molar-refractivity contribution < 1.29 is 4.79 Å². The summed E-state index contributed by atoms with van der Waals surface area (Å²) >= 11 is 1.34. The summed E-state index contributed by atoms with van der Waals surface area (Å²) in [6.07, 6.45) is 3.04. The summed E-state index contributed by atoms with van der Waals surface area (Å²) in [5.74, 6) is 0.271. The Labute approximate surface area is 96.3 Å². The van der Waals surface area contributed by atoms with Crippen LogP contribution >= 0.6 is 11.3 Å². The quantitative estimate of drug-likeness (QED) is 0.828. The van der Waals surface area contributed by atoms with E-state index in [1.807, 2.05) is 6.92 Å². The molecule has 2 aromatic rings. The van der Waals surface area contributed by atoms with Gasteiger partial charge in [-0.05, 0) is 19.1 Å². The van der Waals surface area contributed by atoms with Crippen molar-refractivity contribution in [2.45, 2.75) is 6.92 Å². The second-order valence-electron chi connectivity index (χ2n) is 3.17. The Balaban J connectivity index is 2.10. The van der Waals surface area contributed by atoms with Gasteiger partial charge in [-0.2, -0.15) is 0 Å². The molecule has 0 saturated heterocycles. The van der Waals surface area contributed by atoms with Crippen LogP contribution in [0.3, 0.4) is 0 Å². The minimum atomic E-state index is -0.206. The normalized spacial score (nSPS) is 10.1. The van der Waals surface area contributed by atoms with E-state index in [1.54, 1.807) is 18.3 Å². The van der Waals surface area contributed by atoms with Gasteiger partial charge in [0.2, 0.25) is 0 Å².